The lowest BCUT2D eigenvalue weighted by atomic mass is 10.3. The van der Waals surface area contributed by atoms with Gasteiger partial charge in [-0.15, -0.1) is 0 Å². The summed E-state index contributed by atoms with van der Waals surface area (Å²) in [6, 6.07) is 5.11. The number of nitrogens with zero attached hydrogens (tertiary/aromatic N) is 2. The highest BCUT2D eigenvalue weighted by Crippen LogP contribution is 2.23. The summed E-state index contributed by atoms with van der Waals surface area (Å²) in [5.41, 5.74) is 0.510. The van der Waals surface area contributed by atoms with E-state index in [1.807, 2.05) is 13.2 Å². The van der Waals surface area contributed by atoms with Gasteiger partial charge in [0.25, 0.3) is 10.0 Å². The predicted octanol–water partition coefficient (Wildman–Crippen LogP) is 2.41. The van der Waals surface area contributed by atoms with Crippen molar-refractivity contribution in [2.75, 3.05) is 12.0 Å². The van der Waals surface area contributed by atoms with Crippen LogP contribution in [0.4, 0.5) is 0 Å². The summed E-state index contributed by atoms with van der Waals surface area (Å²) in [4.78, 5) is 4.06. The molecule has 0 radical (unpaired) electrons. The molecule has 0 aliphatic heterocycles. The van der Waals surface area contributed by atoms with Crippen molar-refractivity contribution < 1.29 is 8.42 Å². The van der Waals surface area contributed by atoms with Crippen LogP contribution in [0.5, 0.6) is 0 Å². The Hall–Kier alpha value is -0.760. The van der Waals surface area contributed by atoms with Gasteiger partial charge in [-0.25, -0.2) is 18.1 Å². The van der Waals surface area contributed by atoms with E-state index in [1.165, 1.54) is 4.40 Å². The number of imidazole rings is 1. The Morgan fingerprint density at radius 3 is 2.90 bits per heavy atom. The molecule has 0 bridgehead atoms. The molecule has 0 aromatic carbocycles. The summed E-state index contributed by atoms with van der Waals surface area (Å²) in [5.74, 6) is 0.712. The van der Waals surface area contributed by atoms with Crippen molar-refractivity contribution in [2.45, 2.75) is 24.4 Å². The van der Waals surface area contributed by atoms with Crippen LogP contribution in [0.15, 0.2) is 29.4 Å². The molecule has 2 aromatic rings. The number of hydrogen-bond donors (Lipinski definition) is 1. The smallest absolute Gasteiger partial charge is 0.260 e. The molecule has 0 saturated carbocycles. The quantitative estimate of drug-likeness (QED) is 0.881. The molecule has 0 spiro atoms. The Morgan fingerprint density at radius 2 is 2.25 bits per heavy atom. The molecule has 1 atom stereocenters. The first-order chi connectivity index (χ1) is 9.49. The van der Waals surface area contributed by atoms with E-state index in [4.69, 9.17) is 11.6 Å². The molecular weight excluding hydrogens is 318 g/mol. The minimum atomic E-state index is -3.70. The molecule has 1 N–H and O–H groups in total. The first-order valence-electron chi connectivity index (χ1n) is 6.13. The molecular formula is C12H16ClN3O2S2. The molecule has 8 heteroatoms. The number of rotatable bonds is 6. The van der Waals surface area contributed by atoms with Crippen LogP contribution in [-0.2, 0) is 10.0 Å². The van der Waals surface area contributed by atoms with E-state index in [-0.39, 0.29) is 16.2 Å². The topological polar surface area (TPSA) is 63.5 Å². The van der Waals surface area contributed by atoms with Crippen molar-refractivity contribution in [3.63, 3.8) is 0 Å². The average Bonchev–Trinajstić information content (AvgIpc) is 2.74. The van der Waals surface area contributed by atoms with Crippen LogP contribution in [-0.4, -0.2) is 35.9 Å². The Morgan fingerprint density at radius 1 is 1.50 bits per heavy atom. The third-order valence-electron chi connectivity index (χ3n) is 2.88. The van der Waals surface area contributed by atoms with Crippen LogP contribution in [0.25, 0.3) is 5.65 Å². The second-order valence-electron chi connectivity index (χ2n) is 4.32. The lowest BCUT2D eigenvalue weighted by Gasteiger charge is -2.15. The number of nitrogens with one attached hydrogen (secondary N) is 1. The van der Waals surface area contributed by atoms with Gasteiger partial charge in [0.05, 0.1) is 0 Å². The number of pyridine rings is 1. The predicted molar refractivity (Wildman–Crippen MR) is 83.0 cm³/mol. The molecule has 5 nitrogen and oxygen atoms in total. The minimum Gasteiger partial charge on any atom is -0.288 e. The highest BCUT2D eigenvalue weighted by atomic mass is 35.5. The molecule has 2 heterocycles. The first kappa shape index (κ1) is 15.6. The summed E-state index contributed by atoms with van der Waals surface area (Å²) in [6.45, 7) is 1.94. The third kappa shape index (κ3) is 3.11. The van der Waals surface area contributed by atoms with E-state index in [9.17, 15) is 8.42 Å². The maximum atomic E-state index is 12.5. The number of aromatic nitrogens is 2. The second kappa shape index (κ2) is 6.34. The summed E-state index contributed by atoms with van der Waals surface area (Å²) in [5, 5.41) is -0.0166. The third-order valence-corrected chi connectivity index (χ3v) is 5.54. The average molecular weight is 334 g/mol. The van der Waals surface area contributed by atoms with E-state index in [1.54, 1.807) is 36.2 Å². The highest BCUT2D eigenvalue weighted by molar-refractivity contribution is 7.98. The van der Waals surface area contributed by atoms with Crippen molar-refractivity contribution >= 4 is 39.0 Å². The maximum absolute atomic E-state index is 12.5. The molecule has 1 unspecified atom stereocenters. The normalized spacial score (nSPS) is 13.8. The van der Waals surface area contributed by atoms with Crippen molar-refractivity contribution in [2.24, 2.45) is 0 Å². The van der Waals surface area contributed by atoms with E-state index in [0.717, 1.165) is 0 Å². The molecule has 0 aliphatic carbocycles. The zero-order chi connectivity index (χ0) is 14.8. The van der Waals surface area contributed by atoms with Crippen molar-refractivity contribution in [3.05, 3.63) is 29.5 Å². The van der Waals surface area contributed by atoms with E-state index < -0.39 is 10.0 Å². The Kier molecular flexibility index (Phi) is 4.95. The fourth-order valence-corrected chi connectivity index (χ4v) is 4.69. The van der Waals surface area contributed by atoms with E-state index >= 15 is 0 Å². The SMILES string of the molecule is CCC(CSC)NS(=O)(=O)c1c(Cl)nc2ccccn12. The van der Waals surface area contributed by atoms with Crippen LogP contribution in [0.3, 0.4) is 0 Å². The molecule has 0 aliphatic rings. The van der Waals surface area contributed by atoms with Crippen LogP contribution in [0.1, 0.15) is 13.3 Å². The van der Waals surface area contributed by atoms with Gasteiger partial charge in [0.2, 0.25) is 0 Å². The Bertz CT molecular complexity index is 700. The first-order valence-corrected chi connectivity index (χ1v) is 9.39. The molecule has 20 heavy (non-hydrogen) atoms. The number of sulfonamides is 1. The number of thioether (sulfide) groups is 1. The Balaban J connectivity index is 2.44. The molecule has 2 rings (SSSR count). The van der Waals surface area contributed by atoms with Gasteiger partial charge in [-0.3, -0.25) is 4.40 Å². The zero-order valence-corrected chi connectivity index (χ0v) is 13.6. The molecule has 0 fully saturated rings. The number of halogens is 1. The lowest BCUT2D eigenvalue weighted by Crippen LogP contribution is -2.36. The number of fused-ring (bicyclic) bond motifs is 1. The molecule has 110 valence electrons. The van der Waals surface area contributed by atoms with Gasteiger partial charge in [0, 0.05) is 18.0 Å². The summed E-state index contributed by atoms with van der Waals surface area (Å²) < 4.78 is 29.2. The van der Waals surface area contributed by atoms with Crippen molar-refractivity contribution in [1.29, 1.82) is 0 Å². The van der Waals surface area contributed by atoms with E-state index in [0.29, 0.717) is 17.8 Å². The highest BCUT2D eigenvalue weighted by Gasteiger charge is 2.26. The van der Waals surface area contributed by atoms with Gasteiger partial charge in [-0.2, -0.15) is 11.8 Å². The Labute approximate surface area is 127 Å². The second-order valence-corrected chi connectivity index (χ2v) is 7.22. The van der Waals surface area contributed by atoms with Gasteiger partial charge in [0.1, 0.15) is 5.65 Å². The van der Waals surface area contributed by atoms with Gasteiger partial charge in [0.15, 0.2) is 10.2 Å². The summed E-state index contributed by atoms with van der Waals surface area (Å²) in [7, 11) is -3.70. The van der Waals surface area contributed by atoms with Gasteiger partial charge in [-0.1, -0.05) is 24.6 Å². The molecule has 0 saturated heterocycles. The van der Waals surface area contributed by atoms with Crippen LogP contribution >= 0.6 is 23.4 Å². The van der Waals surface area contributed by atoms with Crippen LogP contribution in [0, 0.1) is 0 Å². The monoisotopic (exact) mass is 333 g/mol. The fourth-order valence-electron chi connectivity index (χ4n) is 1.90. The standard InChI is InChI=1S/C12H16ClN3O2S2/c1-3-9(8-19-2)15-20(17,18)12-11(13)14-10-6-4-5-7-16(10)12/h4-7,9,15H,3,8H2,1-2H3. The van der Waals surface area contributed by atoms with Crippen LogP contribution in [0.2, 0.25) is 5.15 Å². The van der Waals surface area contributed by atoms with Gasteiger partial charge < -0.3 is 0 Å². The maximum Gasteiger partial charge on any atom is 0.260 e. The fraction of sp³-hybridized carbons (Fsp3) is 0.417. The van der Waals surface area contributed by atoms with Crippen molar-refractivity contribution in [3.8, 4) is 0 Å². The number of hydrogen-bond acceptors (Lipinski definition) is 4. The molecule has 0 amide bonds. The zero-order valence-electron chi connectivity index (χ0n) is 11.2. The van der Waals surface area contributed by atoms with Crippen LogP contribution < -0.4 is 4.72 Å². The van der Waals surface area contributed by atoms with E-state index in [2.05, 4.69) is 9.71 Å². The summed E-state index contributed by atoms with van der Waals surface area (Å²) in [6.07, 6.45) is 4.30. The van der Waals surface area contributed by atoms with Crippen molar-refractivity contribution in [1.82, 2.24) is 14.1 Å². The lowest BCUT2D eigenvalue weighted by molar-refractivity contribution is 0.554. The molecule has 2 aromatic heterocycles. The summed E-state index contributed by atoms with van der Waals surface area (Å²) >= 11 is 7.60. The van der Waals surface area contributed by atoms with Gasteiger partial charge in [-0.05, 0) is 24.8 Å². The minimum absolute atomic E-state index is 0.00526. The van der Waals surface area contributed by atoms with Gasteiger partial charge >= 0.3 is 0 Å². The largest absolute Gasteiger partial charge is 0.288 e.